The highest BCUT2D eigenvalue weighted by molar-refractivity contribution is 6.30. The molecule has 4 nitrogen and oxygen atoms in total. The number of hydrogen-bond acceptors (Lipinski definition) is 3. The third kappa shape index (κ3) is 5.62. The fraction of sp³-hybridized carbons (Fsp3) is 0.667. The lowest BCUT2D eigenvalue weighted by molar-refractivity contribution is 0.0484. The van der Waals surface area contributed by atoms with E-state index in [0.717, 1.165) is 25.7 Å². The van der Waals surface area contributed by atoms with Crippen molar-refractivity contribution in [2.75, 3.05) is 0 Å². The normalized spacial score (nSPS) is 21.4. The summed E-state index contributed by atoms with van der Waals surface area (Å²) in [7, 11) is 0. The predicted molar refractivity (Wildman–Crippen MR) is 92.8 cm³/mol. The molecule has 1 aliphatic carbocycles. The van der Waals surface area contributed by atoms with Crippen LogP contribution in [-0.2, 0) is 11.2 Å². The fourth-order valence-electron chi connectivity index (χ4n) is 3.09. The third-order valence-electron chi connectivity index (χ3n) is 4.16. The summed E-state index contributed by atoms with van der Waals surface area (Å²) in [6.07, 6.45) is 3.85. The van der Waals surface area contributed by atoms with Crippen LogP contribution in [0.15, 0.2) is 6.07 Å². The summed E-state index contributed by atoms with van der Waals surface area (Å²) in [5.41, 5.74) is 0.545. The van der Waals surface area contributed by atoms with Gasteiger partial charge in [-0.05, 0) is 70.9 Å². The van der Waals surface area contributed by atoms with Gasteiger partial charge in [0.15, 0.2) is 0 Å². The highest BCUT2D eigenvalue weighted by Gasteiger charge is 2.26. The monoisotopic (exact) mass is 356 g/mol. The minimum atomic E-state index is -0.510. The van der Waals surface area contributed by atoms with E-state index >= 15 is 0 Å². The van der Waals surface area contributed by atoms with Gasteiger partial charge in [0.1, 0.15) is 16.6 Å². The van der Waals surface area contributed by atoms with E-state index in [9.17, 15) is 9.18 Å². The number of hydrogen-bond donors (Lipinski definition) is 1. The minimum Gasteiger partial charge on any atom is -0.444 e. The van der Waals surface area contributed by atoms with Crippen LogP contribution in [0.2, 0.25) is 5.15 Å². The number of alkyl carbamates (subject to hydrolysis) is 1. The molecule has 0 aromatic carbocycles. The maximum Gasteiger partial charge on any atom is 0.407 e. The van der Waals surface area contributed by atoms with E-state index in [0.29, 0.717) is 22.8 Å². The topological polar surface area (TPSA) is 51.2 Å². The van der Waals surface area contributed by atoms with E-state index in [-0.39, 0.29) is 17.8 Å². The van der Waals surface area contributed by atoms with Gasteiger partial charge in [-0.2, -0.15) is 0 Å². The van der Waals surface area contributed by atoms with Crippen molar-refractivity contribution < 1.29 is 13.9 Å². The van der Waals surface area contributed by atoms with Gasteiger partial charge in [-0.25, -0.2) is 14.2 Å². The first-order valence-electron chi connectivity index (χ1n) is 8.45. The van der Waals surface area contributed by atoms with Crippen LogP contribution in [0.4, 0.5) is 9.18 Å². The predicted octanol–water partition coefficient (Wildman–Crippen LogP) is 4.81. The molecular formula is C18H26ClFN2O2. The Morgan fingerprint density at radius 3 is 2.83 bits per heavy atom. The first-order valence-corrected chi connectivity index (χ1v) is 8.83. The first-order chi connectivity index (χ1) is 11.1. The highest BCUT2D eigenvalue weighted by Crippen LogP contribution is 2.29. The molecule has 2 rings (SSSR count). The molecule has 0 radical (unpaired) electrons. The molecule has 134 valence electrons. The van der Waals surface area contributed by atoms with Gasteiger partial charge in [0.2, 0.25) is 0 Å². The molecule has 1 aromatic rings. The van der Waals surface area contributed by atoms with Crippen molar-refractivity contribution in [3.63, 3.8) is 0 Å². The molecule has 1 heterocycles. The molecule has 0 saturated heterocycles. The number of pyridine rings is 1. The van der Waals surface area contributed by atoms with E-state index in [1.807, 2.05) is 20.8 Å². The number of nitrogens with one attached hydrogen (secondary N) is 1. The summed E-state index contributed by atoms with van der Waals surface area (Å²) in [5.74, 6) is -0.0291. The van der Waals surface area contributed by atoms with Gasteiger partial charge < -0.3 is 10.1 Å². The summed E-state index contributed by atoms with van der Waals surface area (Å²) < 4.78 is 19.4. The number of halogens is 2. The van der Waals surface area contributed by atoms with Gasteiger partial charge in [-0.1, -0.05) is 18.0 Å². The van der Waals surface area contributed by atoms with Crippen molar-refractivity contribution in [2.45, 2.75) is 71.4 Å². The summed E-state index contributed by atoms with van der Waals surface area (Å²) in [5, 5.41) is 3.28. The summed E-state index contributed by atoms with van der Waals surface area (Å²) in [4.78, 5) is 16.1. The van der Waals surface area contributed by atoms with Crippen molar-refractivity contribution in [3.8, 4) is 0 Å². The van der Waals surface area contributed by atoms with Crippen LogP contribution in [0.1, 0.15) is 57.7 Å². The smallest absolute Gasteiger partial charge is 0.407 e. The average Bonchev–Trinajstić information content (AvgIpc) is 2.43. The molecule has 0 bridgehead atoms. The number of aryl methyl sites for hydroxylation is 1. The second-order valence-corrected chi connectivity index (χ2v) is 7.96. The number of nitrogens with zero attached hydrogens (tertiary/aromatic N) is 1. The molecule has 1 unspecified atom stereocenters. The van der Waals surface area contributed by atoms with Crippen molar-refractivity contribution in [3.05, 3.63) is 28.3 Å². The molecule has 1 N–H and O–H groups in total. The van der Waals surface area contributed by atoms with E-state index in [1.54, 1.807) is 6.92 Å². The number of carbonyl (C=O) groups is 1. The van der Waals surface area contributed by atoms with Crippen LogP contribution in [-0.4, -0.2) is 22.7 Å². The van der Waals surface area contributed by atoms with Crippen molar-refractivity contribution in [2.24, 2.45) is 5.92 Å². The molecule has 1 amide bonds. The van der Waals surface area contributed by atoms with Gasteiger partial charge in [0.25, 0.3) is 0 Å². The summed E-state index contributed by atoms with van der Waals surface area (Å²) >= 11 is 6.01. The number of rotatable bonds is 3. The Morgan fingerprint density at radius 2 is 2.17 bits per heavy atom. The zero-order chi connectivity index (χ0) is 17.9. The zero-order valence-electron chi connectivity index (χ0n) is 14.8. The zero-order valence-corrected chi connectivity index (χ0v) is 15.5. The molecule has 0 aliphatic heterocycles. The molecule has 1 aromatic heterocycles. The standard InChI is InChI=1S/C18H26ClFN2O2/c1-11-8-14(20)15(22-16(11)19)10-12-6-5-7-13(9-12)21-17(23)24-18(2,3)4/h8,12-13H,5-7,9-10H2,1-4H3,(H,21,23)/t12?,13-/m1/s1. The molecule has 6 heteroatoms. The number of ether oxygens (including phenoxy) is 1. The van der Waals surface area contributed by atoms with Gasteiger partial charge in [-0.3, -0.25) is 0 Å². The quantitative estimate of drug-likeness (QED) is 0.791. The molecule has 1 aliphatic rings. The van der Waals surface area contributed by atoms with Crippen LogP contribution < -0.4 is 5.32 Å². The lowest BCUT2D eigenvalue weighted by atomic mass is 9.83. The Labute approximate surface area is 148 Å². The maximum absolute atomic E-state index is 14.1. The lowest BCUT2D eigenvalue weighted by Gasteiger charge is -2.30. The number of carbonyl (C=O) groups excluding carboxylic acids is 1. The van der Waals surface area contributed by atoms with Gasteiger partial charge in [0, 0.05) is 6.04 Å². The molecule has 1 saturated carbocycles. The average molecular weight is 357 g/mol. The lowest BCUT2D eigenvalue weighted by Crippen LogP contribution is -2.41. The van der Waals surface area contributed by atoms with Crippen LogP contribution in [0.3, 0.4) is 0 Å². The molecular weight excluding hydrogens is 331 g/mol. The van der Waals surface area contributed by atoms with Crippen molar-refractivity contribution >= 4 is 17.7 Å². The van der Waals surface area contributed by atoms with E-state index in [4.69, 9.17) is 16.3 Å². The Kier molecular flexibility index (Phi) is 6.07. The van der Waals surface area contributed by atoms with Crippen LogP contribution in [0.5, 0.6) is 0 Å². The maximum atomic E-state index is 14.1. The fourth-order valence-corrected chi connectivity index (χ4v) is 3.25. The third-order valence-corrected chi connectivity index (χ3v) is 4.55. The Morgan fingerprint density at radius 1 is 1.46 bits per heavy atom. The number of amides is 1. The first kappa shape index (κ1) is 19.0. The molecule has 2 atom stereocenters. The second-order valence-electron chi connectivity index (χ2n) is 7.60. The Hall–Kier alpha value is -1.36. The SMILES string of the molecule is Cc1cc(F)c(CC2CCC[C@@H](NC(=O)OC(C)(C)C)C2)nc1Cl. The highest BCUT2D eigenvalue weighted by atomic mass is 35.5. The second kappa shape index (κ2) is 7.68. The number of aromatic nitrogens is 1. The van der Waals surface area contributed by atoms with Crippen molar-refractivity contribution in [1.29, 1.82) is 0 Å². The summed E-state index contributed by atoms with van der Waals surface area (Å²) in [6.45, 7) is 7.26. The Bertz CT molecular complexity index is 601. The van der Waals surface area contributed by atoms with E-state index in [2.05, 4.69) is 10.3 Å². The van der Waals surface area contributed by atoms with E-state index in [1.165, 1.54) is 6.07 Å². The van der Waals surface area contributed by atoms with Crippen LogP contribution in [0, 0.1) is 18.7 Å². The van der Waals surface area contributed by atoms with Crippen LogP contribution >= 0.6 is 11.6 Å². The summed E-state index contributed by atoms with van der Waals surface area (Å²) in [6, 6.07) is 1.49. The molecule has 0 spiro atoms. The minimum absolute atomic E-state index is 0.0579. The van der Waals surface area contributed by atoms with Gasteiger partial charge in [-0.15, -0.1) is 0 Å². The molecule has 1 fully saturated rings. The Balaban J connectivity index is 1.94. The molecule has 24 heavy (non-hydrogen) atoms. The van der Waals surface area contributed by atoms with Crippen LogP contribution in [0.25, 0.3) is 0 Å². The van der Waals surface area contributed by atoms with E-state index < -0.39 is 11.7 Å². The van der Waals surface area contributed by atoms with Gasteiger partial charge in [0.05, 0.1) is 5.69 Å². The largest absolute Gasteiger partial charge is 0.444 e. The van der Waals surface area contributed by atoms with Gasteiger partial charge >= 0.3 is 6.09 Å². The van der Waals surface area contributed by atoms with Crippen molar-refractivity contribution in [1.82, 2.24) is 10.3 Å².